The first-order valence-electron chi connectivity index (χ1n) is 14.2. The molecule has 1 aliphatic carbocycles. The maximum absolute atomic E-state index is 15.6. The van der Waals surface area contributed by atoms with Crippen LogP contribution in [0, 0.1) is 18.6 Å². The van der Waals surface area contributed by atoms with Crippen molar-refractivity contribution in [2.45, 2.75) is 38.7 Å². The zero-order chi connectivity index (χ0) is 30.6. The number of halogens is 2. The van der Waals surface area contributed by atoms with E-state index in [1.807, 2.05) is 9.80 Å². The average molecular weight is 596 g/mol. The maximum atomic E-state index is 15.6. The number of aromatic nitrogens is 1. The molecule has 3 fully saturated rings. The molecule has 0 bridgehead atoms. The Hall–Kier alpha value is -4.68. The van der Waals surface area contributed by atoms with Crippen molar-refractivity contribution in [1.29, 1.82) is 0 Å². The summed E-state index contributed by atoms with van der Waals surface area (Å²) in [4.78, 5) is 53.1. The van der Waals surface area contributed by atoms with Gasteiger partial charge >= 0.3 is 12.1 Å². The number of ether oxygens (including phenoxy) is 1. The van der Waals surface area contributed by atoms with Gasteiger partial charge in [-0.1, -0.05) is 0 Å². The largest absolute Gasteiger partial charge is 0.477 e. The number of nitrogens with one attached hydrogen (secondary N) is 1. The first-order chi connectivity index (χ1) is 20.5. The van der Waals surface area contributed by atoms with Gasteiger partial charge in [-0.2, -0.15) is 0 Å². The van der Waals surface area contributed by atoms with Gasteiger partial charge in [-0.15, -0.1) is 0 Å². The number of amides is 2. The Bertz CT molecular complexity index is 1710. The summed E-state index contributed by atoms with van der Waals surface area (Å²) in [5.41, 5.74) is 1.74. The number of cyclic esters (lactones) is 1. The van der Waals surface area contributed by atoms with E-state index in [-0.39, 0.29) is 30.5 Å². The van der Waals surface area contributed by atoms with Crippen LogP contribution in [0.5, 0.6) is 0 Å². The Balaban J connectivity index is 1.20. The normalized spacial score (nSPS) is 18.7. The number of carbonyl (C=O) groups excluding carboxylic acids is 2. The highest BCUT2D eigenvalue weighted by Crippen LogP contribution is 2.44. The van der Waals surface area contributed by atoms with Crippen molar-refractivity contribution in [3.63, 3.8) is 0 Å². The maximum Gasteiger partial charge on any atom is 0.414 e. The number of aryl methyl sites for hydroxylation is 1. The van der Waals surface area contributed by atoms with E-state index < -0.39 is 35.4 Å². The molecule has 226 valence electrons. The Morgan fingerprint density at radius 1 is 1.05 bits per heavy atom. The summed E-state index contributed by atoms with van der Waals surface area (Å²) in [6, 6.07) is 5.95. The molecule has 13 heteroatoms. The van der Waals surface area contributed by atoms with Crippen molar-refractivity contribution in [2.75, 3.05) is 54.0 Å². The van der Waals surface area contributed by atoms with Gasteiger partial charge < -0.3 is 25.0 Å². The number of anilines is 3. The lowest BCUT2D eigenvalue weighted by Crippen LogP contribution is -2.47. The Morgan fingerprint density at radius 3 is 2.37 bits per heavy atom. The number of hydrogen-bond acceptors (Lipinski definition) is 7. The second kappa shape index (κ2) is 10.9. The fourth-order valence-electron chi connectivity index (χ4n) is 6.08. The van der Waals surface area contributed by atoms with Crippen molar-refractivity contribution in [3.05, 3.63) is 69.1 Å². The predicted octanol–water partition coefficient (Wildman–Crippen LogP) is 3.25. The van der Waals surface area contributed by atoms with Gasteiger partial charge in [-0.25, -0.2) is 18.4 Å². The van der Waals surface area contributed by atoms with Crippen LogP contribution >= 0.6 is 0 Å². The summed E-state index contributed by atoms with van der Waals surface area (Å²) in [5, 5.41) is 12.1. The van der Waals surface area contributed by atoms with E-state index in [4.69, 9.17) is 4.74 Å². The molecule has 2 aliphatic heterocycles. The van der Waals surface area contributed by atoms with E-state index >= 15 is 8.78 Å². The molecule has 3 aliphatic rings. The zero-order valence-corrected chi connectivity index (χ0v) is 23.7. The third-order valence-corrected chi connectivity index (χ3v) is 8.32. The molecule has 2 amide bonds. The third kappa shape index (κ3) is 5.23. The number of nitrogens with zero attached hydrogens (tertiary/aromatic N) is 4. The molecule has 4 heterocycles. The number of benzene rings is 1. The molecule has 1 unspecified atom stereocenters. The molecule has 43 heavy (non-hydrogen) atoms. The van der Waals surface area contributed by atoms with Crippen LogP contribution in [0.1, 0.15) is 47.2 Å². The summed E-state index contributed by atoms with van der Waals surface area (Å²) in [6.45, 7) is 5.02. The number of aromatic carboxylic acids is 1. The monoisotopic (exact) mass is 595 g/mol. The topological polar surface area (TPSA) is 124 Å². The minimum Gasteiger partial charge on any atom is -0.477 e. The lowest BCUT2D eigenvalue weighted by Gasteiger charge is -2.38. The van der Waals surface area contributed by atoms with Gasteiger partial charge in [0.15, 0.2) is 5.82 Å². The van der Waals surface area contributed by atoms with Crippen LogP contribution in [0.4, 0.5) is 30.6 Å². The molecule has 0 radical (unpaired) electrons. The van der Waals surface area contributed by atoms with Crippen LogP contribution < -0.4 is 25.6 Å². The standard InChI is InChI=1S/C30H31F2N5O6/c1-16-26-21(18-3-4-18)12-22(29(40)41)28(39)37(26)15-24(32)27(16)35-9-7-34(8-10-35)25-6-5-19(11-23(25)31)36-14-20(43-30(36)42)13-33-17(2)38/h5-6,11-12,15,18,20H,3-4,7-10,13-14H2,1-2H3,(H,33,38)(H,40,41). The minimum atomic E-state index is -1.34. The van der Waals surface area contributed by atoms with Crippen molar-refractivity contribution in [1.82, 2.24) is 9.72 Å². The highest BCUT2D eigenvalue weighted by molar-refractivity contribution is 5.90. The number of pyridine rings is 2. The van der Waals surface area contributed by atoms with Gasteiger partial charge in [-0.05, 0) is 61.1 Å². The Morgan fingerprint density at radius 2 is 1.74 bits per heavy atom. The number of piperazine rings is 1. The first-order valence-corrected chi connectivity index (χ1v) is 14.2. The average Bonchev–Trinajstić information content (AvgIpc) is 3.74. The number of carbonyl (C=O) groups is 3. The summed E-state index contributed by atoms with van der Waals surface area (Å²) < 4.78 is 37.3. The number of rotatable bonds is 7. The number of fused-ring (bicyclic) bond motifs is 1. The number of hydrogen-bond donors (Lipinski definition) is 2. The Labute approximate surface area is 245 Å². The van der Waals surface area contributed by atoms with E-state index in [1.165, 1.54) is 24.0 Å². The molecule has 1 aromatic carbocycles. The van der Waals surface area contributed by atoms with Gasteiger partial charge in [0.2, 0.25) is 5.91 Å². The summed E-state index contributed by atoms with van der Waals surface area (Å²) in [5.74, 6) is -2.60. The molecule has 0 spiro atoms. The molecular formula is C30H31F2N5O6. The number of carboxylic acid groups (broad SMARTS) is 1. The van der Waals surface area contributed by atoms with Crippen molar-refractivity contribution in [3.8, 4) is 0 Å². The van der Waals surface area contributed by atoms with Crippen molar-refractivity contribution >= 4 is 40.5 Å². The second-order valence-corrected chi connectivity index (χ2v) is 11.2. The van der Waals surface area contributed by atoms with E-state index in [1.54, 1.807) is 19.1 Å². The van der Waals surface area contributed by atoms with Crippen LogP contribution in [-0.2, 0) is 9.53 Å². The van der Waals surface area contributed by atoms with Crippen molar-refractivity contribution < 1.29 is 33.0 Å². The predicted molar refractivity (Wildman–Crippen MR) is 154 cm³/mol. The fraction of sp³-hybridized carbons (Fsp3) is 0.400. The van der Waals surface area contributed by atoms with Gasteiger partial charge in [-0.3, -0.25) is 18.9 Å². The third-order valence-electron chi connectivity index (χ3n) is 8.32. The van der Waals surface area contributed by atoms with E-state index in [9.17, 15) is 24.3 Å². The molecule has 6 rings (SSSR count). The van der Waals surface area contributed by atoms with Crippen LogP contribution in [0.2, 0.25) is 0 Å². The first kappa shape index (κ1) is 28.4. The molecular weight excluding hydrogens is 564 g/mol. The molecule has 3 aromatic rings. The van der Waals surface area contributed by atoms with Gasteiger partial charge in [0, 0.05) is 33.1 Å². The molecule has 1 atom stereocenters. The van der Waals surface area contributed by atoms with Gasteiger partial charge in [0.1, 0.15) is 17.5 Å². The number of carboxylic acids is 1. The van der Waals surface area contributed by atoms with Crippen LogP contribution in [0.25, 0.3) is 5.52 Å². The second-order valence-electron chi connectivity index (χ2n) is 11.2. The molecule has 1 saturated carbocycles. The van der Waals surface area contributed by atoms with Crippen LogP contribution in [0.3, 0.4) is 0 Å². The van der Waals surface area contributed by atoms with E-state index in [0.717, 1.165) is 29.0 Å². The van der Waals surface area contributed by atoms with Gasteiger partial charge in [0.25, 0.3) is 5.56 Å². The lowest BCUT2D eigenvalue weighted by molar-refractivity contribution is -0.119. The molecule has 2 aromatic heterocycles. The quantitative estimate of drug-likeness (QED) is 0.427. The smallest absolute Gasteiger partial charge is 0.414 e. The summed E-state index contributed by atoms with van der Waals surface area (Å²) >= 11 is 0. The Kier molecular flexibility index (Phi) is 7.18. The minimum absolute atomic E-state index is 0.124. The summed E-state index contributed by atoms with van der Waals surface area (Å²) in [7, 11) is 0. The van der Waals surface area contributed by atoms with Crippen LogP contribution in [-0.4, -0.2) is 72.8 Å². The molecule has 11 nitrogen and oxygen atoms in total. The zero-order valence-electron chi connectivity index (χ0n) is 23.7. The van der Waals surface area contributed by atoms with Crippen LogP contribution in [0.15, 0.2) is 35.3 Å². The van der Waals surface area contributed by atoms with Gasteiger partial charge in [0.05, 0.1) is 41.9 Å². The summed E-state index contributed by atoms with van der Waals surface area (Å²) in [6.07, 6.45) is 1.67. The van der Waals surface area contributed by atoms with E-state index in [0.29, 0.717) is 54.3 Å². The van der Waals surface area contributed by atoms with Crippen molar-refractivity contribution in [2.24, 2.45) is 0 Å². The highest BCUT2D eigenvalue weighted by atomic mass is 19.1. The molecule has 2 N–H and O–H groups in total. The fourth-order valence-corrected chi connectivity index (χ4v) is 6.08. The lowest BCUT2D eigenvalue weighted by atomic mass is 10.0. The molecule has 2 saturated heterocycles. The SMILES string of the molecule is CC(=O)NCC1CN(c2ccc(N3CCN(c4c(F)cn5c(=O)c(C(=O)O)cc(C6CC6)c5c4C)CC3)c(F)c2)C(=O)O1. The van der Waals surface area contributed by atoms with E-state index in [2.05, 4.69) is 5.32 Å². The highest BCUT2D eigenvalue weighted by Gasteiger charge is 2.34.